The van der Waals surface area contributed by atoms with Gasteiger partial charge in [-0.15, -0.1) is 0 Å². The van der Waals surface area contributed by atoms with Crippen LogP contribution >= 0.6 is 0 Å². The minimum absolute atomic E-state index is 0.292. The minimum atomic E-state index is -0.292. The third kappa shape index (κ3) is 2.62. The van der Waals surface area contributed by atoms with Crippen molar-refractivity contribution in [1.82, 2.24) is 0 Å². The fraction of sp³-hybridized carbons (Fsp3) is 1.00. The maximum Gasteiger partial charge on any atom is 0.261 e. The lowest BCUT2D eigenvalue weighted by Crippen LogP contribution is -2.20. The van der Waals surface area contributed by atoms with Crippen molar-refractivity contribution in [2.75, 3.05) is 0 Å². The molecule has 0 nitrogen and oxygen atoms in total. The summed E-state index contributed by atoms with van der Waals surface area (Å²) in [7, 11) is 0. The average Bonchev–Trinajstić information content (AvgIpc) is 2.77. The molecule has 2 rings (SSSR count). The van der Waals surface area contributed by atoms with Crippen LogP contribution in [0.4, 0.5) is 0 Å². The van der Waals surface area contributed by atoms with E-state index in [9.17, 15) is 0 Å². The molecular formula is C14H27Al. The fourth-order valence-corrected chi connectivity index (χ4v) is 6.64. The van der Waals surface area contributed by atoms with Crippen LogP contribution in [-0.2, 0) is 0 Å². The molecule has 0 aromatic rings. The molecule has 0 aromatic carbocycles. The summed E-state index contributed by atoms with van der Waals surface area (Å²) in [5.74, 6) is 4.49. The molecule has 15 heavy (non-hydrogen) atoms. The zero-order chi connectivity index (χ0) is 10.8. The van der Waals surface area contributed by atoms with Crippen LogP contribution in [0.1, 0.15) is 46.5 Å². The summed E-state index contributed by atoms with van der Waals surface area (Å²) in [4.78, 5) is 0. The van der Waals surface area contributed by atoms with E-state index < -0.39 is 0 Å². The van der Waals surface area contributed by atoms with Gasteiger partial charge in [0.15, 0.2) is 0 Å². The maximum absolute atomic E-state index is 2.51. The van der Waals surface area contributed by atoms with Crippen LogP contribution in [0.2, 0.25) is 15.8 Å². The molecule has 0 N–H and O–H groups in total. The summed E-state index contributed by atoms with van der Waals surface area (Å²) in [6.07, 6.45) is 6.35. The summed E-state index contributed by atoms with van der Waals surface area (Å²) in [6.45, 7) is 7.35. The highest BCUT2D eigenvalue weighted by Gasteiger charge is 2.43. The molecule has 0 radical (unpaired) electrons. The van der Waals surface area contributed by atoms with Gasteiger partial charge in [0.2, 0.25) is 0 Å². The van der Waals surface area contributed by atoms with Crippen molar-refractivity contribution >= 4 is 14.1 Å². The molecule has 1 heteroatoms. The Kier molecular flexibility index (Phi) is 4.19. The molecule has 86 valence electrons. The number of rotatable bonds is 5. The number of fused-ring (bicyclic) bond motifs is 2. The molecule has 0 amide bonds. The molecule has 0 spiro atoms. The molecular weight excluding hydrogens is 195 g/mol. The van der Waals surface area contributed by atoms with Crippen LogP contribution in [-0.4, -0.2) is 14.1 Å². The topological polar surface area (TPSA) is 0 Å². The van der Waals surface area contributed by atoms with Gasteiger partial charge in [-0.25, -0.2) is 0 Å². The summed E-state index contributed by atoms with van der Waals surface area (Å²) in [5, 5.41) is 4.72. The summed E-state index contributed by atoms with van der Waals surface area (Å²) >= 11 is -0.292. The molecule has 0 heterocycles. The van der Waals surface area contributed by atoms with Gasteiger partial charge >= 0.3 is 0 Å². The van der Waals surface area contributed by atoms with Gasteiger partial charge in [0.1, 0.15) is 0 Å². The second-order valence-corrected chi connectivity index (χ2v) is 10.2. The van der Waals surface area contributed by atoms with Crippen molar-refractivity contribution in [3.05, 3.63) is 0 Å². The van der Waals surface area contributed by atoms with Crippen LogP contribution in [0.15, 0.2) is 0 Å². The highest BCUT2D eigenvalue weighted by atomic mass is 27.2. The first-order valence-electron chi connectivity index (χ1n) is 7.24. The van der Waals surface area contributed by atoms with Gasteiger partial charge in [-0.2, -0.15) is 0 Å². The number of hydrogen-bond donors (Lipinski definition) is 0. The van der Waals surface area contributed by atoms with Crippen molar-refractivity contribution in [2.24, 2.45) is 23.7 Å². The van der Waals surface area contributed by atoms with Crippen LogP contribution in [0.25, 0.3) is 0 Å². The van der Waals surface area contributed by atoms with E-state index in [0.29, 0.717) is 0 Å². The smallest absolute Gasteiger partial charge is 0.0967 e. The molecule has 2 aliphatic rings. The lowest BCUT2D eigenvalue weighted by molar-refractivity contribution is 0.248. The molecule has 0 unspecified atom stereocenters. The summed E-state index contributed by atoms with van der Waals surface area (Å²) < 4.78 is 0. The molecule has 4 atom stereocenters. The van der Waals surface area contributed by atoms with Crippen molar-refractivity contribution in [3.63, 3.8) is 0 Å². The van der Waals surface area contributed by atoms with E-state index in [4.69, 9.17) is 0 Å². The Hall–Kier alpha value is 0.532. The first kappa shape index (κ1) is 12.0. The minimum Gasteiger partial charge on any atom is -0.0967 e. The van der Waals surface area contributed by atoms with Crippen molar-refractivity contribution < 1.29 is 0 Å². The fourth-order valence-electron chi connectivity index (χ4n) is 4.35. The Morgan fingerprint density at radius 1 is 1.07 bits per heavy atom. The van der Waals surface area contributed by atoms with Gasteiger partial charge in [-0.05, 0) is 42.9 Å². The summed E-state index contributed by atoms with van der Waals surface area (Å²) in [5.41, 5.74) is 0. The van der Waals surface area contributed by atoms with Gasteiger partial charge in [-0.3, -0.25) is 0 Å². The van der Waals surface area contributed by atoms with Gasteiger partial charge in [0, 0.05) is 0 Å². The zero-order valence-electron chi connectivity index (χ0n) is 10.8. The lowest BCUT2D eigenvalue weighted by atomic mass is 9.80. The molecule has 2 bridgehead atoms. The van der Waals surface area contributed by atoms with Crippen LogP contribution in [0, 0.1) is 23.7 Å². The number of hydrogen-bond acceptors (Lipinski definition) is 0. The molecule has 0 aromatic heterocycles. The van der Waals surface area contributed by atoms with Gasteiger partial charge < -0.3 is 0 Å². The predicted molar refractivity (Wildman–Crippen MR) is 69.6 cm³/mol. The van der Waals surface area contributed by atoms with E-state index in [2.05, 4.69) is 20.8 Å². The highest BCUT2D eigenvalue weighted by Crippen LogP contribution is 2.53. The Morgan fingerprint density at radius 3 is 2.33 bits per heavy atom. The van der Waals surface area contributed by atoms with Crippen molar-refractivity contribution in [3.8, 4) is 0 Å². The van der Waals surface area contributed by atoms with Crippen LogP contribution in [0.3, 0.4) is 0 Å². The Balaban J connectivity index is 1.76. The normalized spacial score (nSPS) is 38.6. The molecule has 0 saturated heterocycles. The van der Waals surface area contributed by atoms with Crippen LogP contribution in [0.5, 0.6) is 0 Å². The van der Waals surface area contributed by atoms with Gasteiger partial charge in [0.05, 0.1) is 0 Å². The largest absolute Gasteiger partial charge is 0.261 e. The zero-order valence-corrected chi connectivity index (χ0v) is 12.0. The molecule has 0 aliphatic heterocycles. The van der Waals surface area contributed by atoms with E-state index in [1.165, 1.54) is 10.6 Å². The Morgan fingerprint density at radius 2 is 1.80 bits per heavy atom. The van der Waals surface area contributed by atoms with E-state index >= 15 is 0 Å². The second kappa shape index (κ2) is 5.24. The SMILES string of the molecule is C[CH2][Al]([CH2]C)[CH2]C[C@H]1C[C@H]2C[C@@H]1[C@H](C)C2. The lowest BCUT2D eigenvalue weighted by Gasteiger charge is -2.27. The predicted octanol–water partition coefficient (Wildman–Crippen LogP) is 4.59. The maximum atomic E-state index is 2.51. The third-order valence-corrected chi connectivity index (χ3v) is 8.84. The monoisotopic (exact) mass is 222 g/mol. The van der Waals surface area contributed by atoms with Crippen molar-refractivity contribution in [1.29, 1.82) is 0 Å². The highest BCUT2D eigenvalue weighted by molar-refractivity contribution is 6.58. The average molecular weight is 222 g/mol. The Bertz CT molecular complexity index is 198. The second-order valence-electron chi connectivity index (χ2n) is 6.23. The van der Waals surface area contributed by atoms with E-state index in [1.54, 1.807) is 31.0 Å². The summed E-state index contributed by atoms with van der Waals surface area (Å²) in [6, 6.07) is 0. The van der Waals surface area contributed by atoms with E-state index in [1.807, 2.05) is 0 Å². The van der Waals surface area contributed by atoms with E-state index in [0.717, 1.165) is 23.7 Å². The first-order valence-corrected chi connectivity index (χ1v) is 9.69. The third-order valence-electron chi connectivity index (χ3n) is 5.38. The van der Waals surface area contributed by atoms with E-state index in [-0.39, 0.29) is 14.1 Å². The van der Waals surface area contributed by atoms with Gasteiger partial charge in [0.25, 0.3) is 14.1 Å². The molecule has 2 fully saturated rings. The molecule has 2 saturated carbocycles. The molecule has 2 aliphatic carbocycles. The Labute approximate surface area is 100 Å². The van der Waals surface area contributed by atoms with Crippen molar-refractivity contribution in [2.45, 2.75) is 62.3 Å². The first-order chi connectivity index (χ1) is 7.24. The quantitative estimate of drug-likeness (QED) is 0.597. The van der Waals surface area contributed by atoms with Crippen LogP contribution < -0.4 is 0 Å². The van der Waals surface area contributed by atoms with Gasteiger partial charge in [-0.1, -0.05) is 43.0 Å². The standard InChI is InChI=1S/C10H17.2C2H5.Al/c1-3-9-5-8-4-7(2)10(9)6-8;2*1-2;/h7-10H,1,3-6H2,2H3;2*1H2,2H3;/t7-,8+,9+,10-;;;/m1.../s1.